The van der Waals surface area contributed by atoms with Gasteiger partial charge in [0.25, 0.3) is 0 Å². The third kappa shape index (κ3) is 22.7. The van der Waals surface area contributed by atoms with Crippen molar-refractivity contribution in [3.63, 3.8) is 0 Å². The lowest BCUT2D eigenvalue weighted by Gasteiger charge is -2.32. The summed E-state index contributed by atoms with van der Waals surface area (Å²) in [4.78, 5) is 152. The van der Waals surface area contributed by atoms with Gasteiger partial charge in [-0.25, -0.2) is 0 Å². The van der Waals surface area contributed by atoms with Crippen LogP contribution in [-0.4, -0.2) is 251 Å². The average molecular weight is 934 g/mol. The SMILES string of the molecule is CC(=O)CN(CC(=O)O)C(CCC(=O)N1CCCNCCN(C(=O)CCC(C(=O)O)N(CC(=O)O)CC(=O)O)CCCN(C(=O)CCC(C(=O)O)N(CC(=O)O)CC(=O)O)CC1)C(=O)O. The number of hydrogen-bond acceptors (Lipinski definition) is 16. The second-order valence-corrected chi connectivity index (χ2v) is 15.2. The summed E-state index contributed by atoms with van der Waals surface area (Å²) in [5.74, 6) is -14.5. The molecule has 1 aliphatic rings. The summed E-state index contributed by atoms with van der Waals surface area (Å²) in [6.07, 6.45) is -2.49. The molecule has 0 spiro atoms. The molecule has 3 unspecified atom stereocenters. The number of rotatable bonds is 27. The molecule has 27 heteroatoms. The second kappa shape index (κ2) is 29.2. The predicted octanol–water partition coefficient (Wildman–Crippen LogP) is -3.53. The summed E-state index contributed by atoms with van der Waals surface area (Å²) in [5.41, 5.74) is 0. The number of ketones is 1. The summed E-state index contributed by atoms with van der Waals surface area (Å²) in [5, 5.41) is 79.0. The molecule has 0 radical (unpaired) electrons. The molecule has 0 aromatic carbocycles. The average Bonchev–Trinajstić information content (AvgIpc) is 3.16. The Labute approximate surface area is 372 Å². The van der Waals surface area contributed by atoms with E-state index < -0.39 is 161 Å². The zero-order chi connectivity index (χ0) is 49.4. The number of amides is 3. The fourth-order valence-electron chi connectivity index (χ4n) is 7.14. The maximum absolute atomic E-state index is 13.8. The van der Waals surface area contributed by atoms with E-state index in [4.69, 9.17) is 0 Å². The summed E-state index contributed by atoms with van der Waals surface area (Å²) in [6, 6.07) is -4.91. The van der Waals surface area contributed by atoms with Crippen molar-refractivity contribution in [2.45, 2.75) is 76.4 Å². The quantitative estimate of drug-likeness (QED) is 0.0385. The monoisotopic (exact) mass is 933 g/mol. The Morgan fingerprint density at radius 2 is 0.708 bits per heavy atom. The highest BCUT2D eigenvalue weighted by Gasteiger charge is 2.33. The molecule has 1 heterocycles. The first-order valence-corrected chi connectivity index (χ1v) is 20.5. The molecule has 1 fully saturated rings. The van der Waals surface area contributed by atoms with E-state index in [-0.39, 0.29) is 71.6 Å². The molecular weight excluding hydrogens is 874 g/mol. The number of aliphatic carboxylic acids is 8. The topological polar surface area (TPSA) is 398 Å². The van der Waals surface area contributed by atoms with Crippen molar-refractivity contribution in [2.24, 2.45) is 0 Å². The van der Waals surface area contributed by atoms with Crippen LogP contribution in [0.4, 0.5) is 0 Å². The van der Waals surface area contributed by atoms with E-state index in [2.05, 4.69) is 5.32 Å². The van der Waals surface area contributed by atoms with Crippen LogP contribution in [0.1, 0.15) is 58.3 Å². The van der Waals surface area contributed by atoms with Crippen LogP contribution in [0, 0.1) is 0 Å². The van der Waals surface area contributed by atoms with Crippen LogP contribution in [0.2, 0.25) is 0 Å². The van der Waals surface area contributed by atoms with Crippen molar-refractivity contribution >= 4 is 71.3 Å². The normalized spacial score (nSPS) is 15.7. The van der Waals surface area contributed by atoms with Gasteiger partial charge in [-0.15, -0.1) is 0 Å². The standard InChI is InChI=1S/C38H59N7O20/c1-24(46)18-43(19-31(50)51)25(36(60)61)4-8-29(48)41-12-2-10-39-11-15-40(28(47)7-5-26(37(62)63)44(20-32(52)53)21-33(54)55)13-3-14-42(17-16-41)30(49)9-6-27(38(64)65)45(22-34(56)57)23-35(58)59/h25-27,39H,2-23H2,1H3,(H,50,51)(H,52,53)(H,54,55)(H,56,57)(H,58,59)(H,60,61)(H,62,63)(H,64,65). The Morgan fingerprint density at radius 3 is 1.00 bits per heavy atom. The van der Waals surface area contributed by atoms with Gasteiger partial charge < -0.3 is 60.9 Å². The number of carbonyl (C=O) groups is 12. The first-order chi connectivity index (χ1) is 30.4. The van der Waals surface area contributed by atoms with E-state index in [9.17, 15) is 98.4 Å². The lowest BCUT2D eigenvalue weighted by atomic mass is 10.1. The van der Waals surface area contributed by atoms with Gasteiger partial charge in [0.05, 0.1) is 39.3 Å². The van der Waals surface area contributed by atoms with Gasteiger partial charge in [-0.3, -0.25) is 72.2 Å². The molecule has 0 saturated carbocycles. The number of carboxylic acids is 8. The van der Waals surface area contributed by atoms with Gasteiger partial charge in [0, 0.05) is 65.1 Å². The largest absolute Gasteiger partial charge is 0.480 e. The van der Waals surface area contributed by atoms with Gasteiger partial charge in [-0.2, -0.15) is 0 Å². The molecule has 0 aromatic rings. The zero-order valence-corrected chi connectivity index (χ0v) is 35.9. The third-order valence-corrected chi connectivity index (χ3v) is 10.1. The molecule has 3 amide bonds. The van der Waals surface area contributed by atoms with E-state index in [1.807, 2.05) is 0 Å². The predicted molar refractivity (Wildman–Crippen MR) is 217 cm³/mol. The molecule has 366 valence electrons. The molecule has 9 N–H and O–H groups in total. The molecule has 1 aliphatic heterocycles. The van der Waals surface area contributed by atoms with Gasteiger partial charge in [0.2, 0.25) is 17.7 Å². The first-order valence-electron chi connectivity index (χ1n) is 20.5. The van der Waals surface area contributed by atoms with E-state index in [1.165, 1.54) is 14.7 Å². The Bertz CT molecular complexity index is 1680. The number of nitrogens with zero attached hydrogens (tertiary/aromatic N) is 6. The summed E-state index contributed by atoms with van der Waals surface area (Å²) in [6.45, 7) is -4.04. The molecule has 27 nitrogen and oxygen atoms in total. The summed E-state index contributed by atoms with van der Waals surface area (Å²) < 4.78 is 0. The maximum Gasteiger partial charge on any atom is 0.320 e. The highest BCUT2D eigenvalue weighted by Crippen LogP contribution is 2.15. The molecular formula is C38H59N7O20. The van der Waals surface area contributed by atoms with Crippen molar-refractivity contribution in [1.29, 1.82) is 0 Å². The van der Waals surface area contributed by atoms with Crippen LogP contribution in [0.25, 0.3) is 0 Å². The number of nitrogens with one attached hydrogen (secondary N) is 1. The van der Waals surface area contributed by atoms with Crippen LogP contribution in [0.3, 0.4) is 0 Å². The Kier molecular flexibility index (Phi) is 25.5. The fourth-order valence-corrected chi connectivity index (χ4v) is 7.14. The number of carboxylic acid groups (broad SMARTS) is 8. The smallest absolute Gasteiger partial charge is 0.320 e. The van der Waals surface area contributed by atoms with Crippen molar-refractivity contribution in [2.75, 3.05) is 91.6 Å². The van der Waals surface area contributed by atoms with Gasteiger partial charge in [-0.05, 0) is 45.6 Å². The molecule has 65 heavy (non-hydrogen) atoms. The molecule has 3 atom stereocenters. The van der Waals surface area contributed by atoms with Crippen LogP contribution < -0.4 is 5.32 Å². The van der Waals surface area contributed by atoms with Crippen molar-refractivity contribution in [3.05, 3.63) is 0 Å². The van der Waals surface area contributed by atoms with Crippen LogP contribution >= 0.6 is 0 Å². The highest BCUT2D eigenvalue weighted by atomic mass is 16.4. The fraction of sp³-hybridized carbons (Fsp3) is 0.684. The van der Waals surface area contributed by atoms with E-state index in [0.29, 0.717) is 9.80 Å². The van der Waals surface area contributed by atoms with Crippen molar-refractivity contribution in [3.8, 4) is 0 Å². The Hall–Kier alpha value is -6.32. The van der Waals surface area contributed by atoms with Crippen LogP contribution in [-0.2, 0) is 57.5 Å². The number of hydrogen-bond donors (Lipinski definition) is 9. The van der Waals surface area contributed by atoms with E-state index >= 15 is 0 Å². The van der Waals surface area contributed by atoms with Gasteiger partial charge in [0.15, 0.2) is 0 Å². The molecule has 0 aromatic heterocycles. The van der Waals surface area contributed by atoms with E-state index in [1.54, 1.807) is 0 Å². The summed E-state index contributed by atoms with van der Waals surface area (Å²) in [7, 11) is 0. The highest BCUT2D eigenvalue weighted by molar-refractivity contribution is 5.84. The summed E-state index contributed by atoms with van der Waals surface area (Å²) >= 11 is 0. The minimum Gasteiger partial charge on any atom is -0.480 e. The van der Waals surface area contributed by atoms with Gasteiger partial charge in [0.1, 0.15) is 23.9 Å². The Balaban J connectivity index is 3.43. The maximum atomic E-state index is 13.8. The minimum absolute atomic E-state index is 0.0358. The number of carbonyl (C=O) groups excluding carboxylic acids is 4. The zero-order valence-electron chi connectivity index (χ0n) is 35.9. The minimum atomic E-state index is -1.73. The van der Waals surface area contributed by atoms with Crippen molar-refractivity contribution in [1.82, 2.24) is 34.7 Å². The molecule has 1 saturated heterocycles. The molecule has 0 bridgehead atoms. The van der Waals surface area contributed by atoms with E-state index in [0.717, 1.165) is 11.8 Å². The van der Waals surface area contributed by atoms with Crippen molar-refractivity contribution < 1.29 is 98.4 Å². The van der Waals surface area contributed by atoms with Gasteiger partial charge >= 0.3 is 47.8 Å². The molecule has 0 aliphatic carbocycles. The van der Waals surface area contributed by atoms with Gasteiger partial charge in [-0.1, -0.05) is 0 Å². The Morgan fingerprint density at radius 1 is 0.415 bits per heavy atom. The van der Waals surface area contributed by atoms with Crippen LogP contribution in [0.15, 0.2) is 0 Å². The lowest BCUT2D eigenvalue weighted by molar-refractivity contribution is -0.152. The first kappa shape index (κ1) is 56.7. The lowest BCUT2D eigenvalue weighted by Crippen LogP contribution is -2.48. The second-order valence-electron chi connectivity index (χ2n) is 15.2. The number of Topliss-reactive ketones (excluding diaryl/α,β-unsaturated/α-hetero) is 1. The molecule has 1 rings (SSSR count). The third-order valence-electron chi connectivity index (χ3n) is 10.1. The van der Waals surface area contributed by atoms with Crippen LogP contribution in [0.5, 0.6) is 0 Å².